The van der Waals surface area contributed by atoms with Gasteiger partial charge in [-0.1, -0.05) is 36.4 Å². The zero-order valence-corrected chi connectivity index (χ0v) is 12.7. The van der Waals surface area contributed by atoms with Crippen molar-refractivity contribution in [1.29, 1.82) is 0 Å². The quantitative estimate of drug-likeness (QED) is 0.459. The van der Waals surface area contributed by atoms with Crippen LogP contribution in [-0.4, -0.2) is 19.8 Å². The second-order valence-corrected chi connectivity index (χ2v) is 7.71. The molecule has 8 heteroatoms. The van der Waals surface area contributed by atoms with Gasteiger partial charge in [-0.3, -0.25) is 0 Å². The summed E-state index contributed by atoms with van der Waals surface area (Å²) in [5, 5.41) is -1.11. The van der Waals surface area contributed by atoms with Gasteiger partial charge in [0.2, 0.25) is 0 Å². The van der Waals surface area contributed by atoms with Gasteiger partial charge >= 0.3 is 11.8 Å². The van der Waals surface area contributed by atoms with Crippen molar-refractivity contribution in [3.8, 4) is 0 Å². The molecule has 2 aromatic carbocycles. The number of hydrogen-bond acceptors (Lipinski definition) is 4. The summed E-state index contributed by atoms with van der Waals surface area (Å²) in [7, 11) is -4.81. The van der Waals surface area contributed by atoms with E-state index in [-0.39, 0.29) is 16.5 Å². The maximum atomic E-state index is 13.1. The van der Waals surface area contributed by atoms with Gasteiger partial charge in [-0.2, -0.15) is 13.2 Å². The molecule has 1 atom stereocenters. The Labute approximate surface area is 133 Å². The Morgan fingerprint density at radius 2 is 1.75 bits per heavy atom. The fraction of sp³-hybridized carbons (Fsp3) is 0.188. The summed E-state index contributed by atoms with van der Waals surface area (Å²) in [6, 6.07) is 10.0. The van der Waals surface area contributed by atoms with Gasteiger partial charge in [-0.15, -0.1) is 0 Å². The van der Waals surface area contributed by atoms with Gasteiger partial charge in [0.1, 0.15) is 5.58 Å². The molecule has 2 heterocycles. The number of rotatable bonds is 0. The summed E-state index contributed by atoms with van der Waals surface area (Å²) in [6.07, 6.45) is -5.73. The van der Waals surface area contributed by atoms with Crippen LogP contribution < -0.4 is 5.63 Å². The molecule has 0 aliphatic carbocycles. The molecule has 0 saturated carbocycles. The maximum absolute atomic E-state index is 13.1. The Morgan fingerprint density at radius 3 is 2.46 bits per heavy atom. The fourth-order valence-electron chi connectivity index (χ4n) is 3.19. The number of alkyl halides is 3. The first-order chi connectivity index (χ1) is 11.2. The van der Waals surface area contributed by atoms with Crippen LogP contribution in [-0.2, 0) is 16.3 Å². The molecule has 3 aromatic rings. The van der Waals surface area contributed by atoms with E-state index in [4.69, 9.17) is 4.42 Å². The molecule has 0 spiro atoms. The summed E-state index contributed by atoms with van der Waals surface area (Å²) in [6.45, 7) is 0. The Kier molecular flexibility index (Phi) is 2.91. The van der Waals surface area contributed by atoms with Gasteiger partial charge in [0.15, 0.2) is 20.0 Å². The Hall–Kier alpha value is -2.35. The van der Waals surface area contributed by atoms with Crippen LogP contribution in [0.3, 0.4) is 0 Å². The largest absolute Gasteiger partial charge is 0.421 e. The lowest BCUT2D eigenvalue weighted by Crippen LogP contribution is -2.35. The SMILES string of the molecule is O=c1oc2c(ccc3ccccc32)c2c1S(=O)(=O)C(C(F)(F)F)C2. The Morgan fingerprint density at radius 1 is 1.04 bits per heavy atom. The van der Waals surface area contributed by atoms with Crippen molar-refractivity contribution in [2.45, 2.75) is 22.7 Å². The molecule has 1 aromatic heterocycles. The van der Waals surface area contributed by atoms with Crippen molar-refractivity contribution < 1.29 is 26.0 Å². The highest BCUT2D eigenvalue weighted by molar-refractivity contribution is 7.92. The number of sulfone groups is 1. The van der Waals surface area contributed by atoms with E-state index in [2.05, 4.69) is 0 Å². The van der Waals surface area contributed by atoms with Crippen LogP contribution in [0.5, 0.6) is 0 Å². The molecular weight excluding hydrogens is 345 g/mol. The lowest BCUT2D eigenvalue weighted by molar-refractivity contribution is -0.129. The smallest absolute Gasteiger partial charge is 0.406 e. The molecule has 4 rings (SSSR count). The zero-order chi connectivity index (χ0) is 17.3. The van der Waals surface area contributed by atoms with Gasteiger partial charge < -0.3 is 4.42 Å². The van der Waals surface area contributed by atoms with Crippen LogP contribution in [0.4, 0.5) is 13.2 Å². The van der Waals surface area contributed by atoms with Crippen molar-refractivity contribution in [3.05, 3.63) is 52.4 Å². The second kappa shape index (κ2) is 4.60. The van der Waals surface area contributed by atoms with Crippen LogP contribution >= 0.6 is 0 Å². The standard InChI is InChI=1S/C16H9F3O4S/c17-16(18,19)12-7-11-10-6-5-8-3-1-2-4-9(8)13(10)23-15(20)14(11)24(12,21)22/h1-6,12H,7H2. The summed E-state index contributed by atoms with van der Waals surface area (Å²) < 4.78 is 68.8. The van der Waals surface area contributed by atoms with E-state index in [0.29, 0.717) is 5.39 Å². The number of halogens is 3. The van der Waals surface area contributed by atoms with Crippen molar-refractivity contribution >= 4 is 31.6 Å². The van der Waals surface area contributed by atoms with E-state index in [1.807, 2.05) is 0 Å². The summed E-state index contributed by atoms with van der Waals surface area (Å²) in [5.41, 5.74) is -1.26. The number of benzene rings is 2. The van der Waals surface area contributed by atoms with Gasteiger partial charge in [-0.05, 0) is 10.9 Å². The highest BCUT2D eigenvalue weighted by Crippen LogP contribution is 2.42. The lowest BCUT2D eigenvalue weighted by Gasteiger charge is -2.12. The van der Waals surface area contributed by atoms with E-state index in [1.54, 1.807) is 30.3 Å². The molecule has 124 valence electrons. The first-order valence-electron chi connectivity index (χ1n) is 6.99. The van der Waals surface area contributed by atoms with Crippen LogP contribution in [0, 0.1) is 0 Å². The van der Waals surface area contributed by atoms with Gasteiger partial charge in [0.25, 0.3) is 0 Å². The monoisotopic (exact) mass is 354 g/mol. The molecule has 0 N–H and O–H groups in total. The molecule has 0 saturated heterocycles. The highest BCUT2D eigenvalue weighted by atomic mass is 32.2. The van der Waals surface area contributed by atoms with Gasteiger partial charge in [0, 0.05) is 17.2 Å². The topological polar surface area (TPSA) is 64.3 Å². The van der Waals surface area contributed by atoms with E-state index in [1.165, 1.54) is 6.07 Å². The molecule has 1 unspecified atom stereocenters. The molecule has 1 aliphatic rings. The third-order valence-electron chi connectivity index (χ3n) is 4.27. The van der Waals surface area contributed by atoms with E-state index >= 15 is 0 Å². The summed E-state index contributed by atoms with van der Waals surface area (Å²) >= 11 is 0. The molecular formula is C16H9F3O4S. The second-order valence-electron chi connectivity index (χ2n) is 5.64. The molecule has 0 amide bonds. The summed E-state index contributed by atoms with van der Waals surface area (Å²) in [4.78, 5) is 11.3. The Bertz CT molecular complexity index is 1160. The number of fused-ring (bicyclic) bond motifs is 5. The lowest BCUT2D eigenvalue weighted by atomic mass is 10.0. The first-order valence-corrected chi connectivity index (χ1v) is 8.54. The van der Waals surface area contributed by atoms with Gasteiger partial charge in [0.05, 0.1) is 0 Å². The molecule has 0 radical (unpaired) electrons. The molecule has 1 aliphatic heterocycles. The van der Waals surface area contributed by atoms with Crippen LogP contribution in [0.2, 0.25) is 0 Å². The number of hydrogen-bond donors (Lipinski definition) is 0. The van der Waals surface area contributed by atoms with E-state index in [9.17, 15) is 26.4 Å². The molecule has 0 bridgehead atoms. The van der Waals surface area contributed by atoms with E-state index in [0.717, 1.165) is 5.39 Å². The zero-order valence-electron chi connectivity index (χ0n) is 11.9. The average Bonchev–Trinajstić information content (AvgIpc) is 2.80. The van der Waals surface area contributed by atoms with Crippen molar-refractivity contribution in [2.75, 3.05) is 0 Å². The average molecular weight is 354 g/mol. The minimum absolute atomic E-state index is 0.106. The third kappa shape index (κ3) is 1.92. The van der Waals surface area contributed by atoms with Crippen molar-refractivity contribution in [3.63, 3.8) is 0 Å². The highest BCUT2D eigenvalue weighted by Gasteiger charge is 2.55. The van der Waals surface area contributed by atoms with Crippen molar-refractivity contribution in [1.82, 2.24) is 0 Å². The molecule has 0 fully saturated rings. The van der Waals surface area contributed by atoms with E-state index < -0.39 is 38.2 Å². The molecule has 24 heavy (non-hydrogen) atoms. The third-order valence-corrected chi connectivity index (χ3v) is 6.44. The van der Waals surface area contributed by atoms with Crippen molar-refractivity contribution in [2.24, 2.45) is 0 Å². The Balaban J connectivity index is 2.15. The first kappa shape index (κ1) is 15.2. The fourth-order valence-corrected chi connectivity index (χ4v) is 5.03. The van der Waals surface area contributed by atoms with Gasteiger partial charge in [-0.25, -0.2) is 13.2 Å². The molecule has 4 nitrogen and oxygen atoms in total. The maximum Gasteiger partial charge on any atom is 0.406 e. The predicted octanol–water partition coefficient (Wildman–Crippen LogP) is 3.21. The minimum Gasteiger partial charge on any atom is -0.421 e. The van der Waals surface area contributed by atoms with Crippen LogP contribution in [0.15, 0.2) is 50.5 Å². The van der Waals surface area contributed by atoms with Crippen LogP contribution in [0.1, 0.15) is 5.56 Å². The minimum atomic E-state index is -4.95. The normalized spacial score (nSPS) is 19.7. The summed E-state index contributed by atoms with van der Waals surface area (Å²) in [5.74, 6) is 0. The predicted molar refractivity (Wildman–Crippen MR) is 80.7 cm³/mol. The van der Waals surface area contributed by atoms with Crippen LogP contribution in [0.25, 0.3) is 21.7 Å².